The van der Waals surface area contributed by atoms with Crippen LogP contribution in [0.5, 0.6) is 0 Å². The Morgan fingerprint density at radius 3 is 2.63 bits per heavy atom. The monoisotopic (exact) mass is 264 g/mol. The third-order valence-corrected chi connectivity index (χ3v) is 3.60. The highest BCUT2D eigenvalue weighted by molar-refractivity contribution is 5.55. The number of nitrogen functional groups attached to an aromatic ring is 1. The molecule has 1 aromatic heterocycles. The lowest BCUT2D eigenvalue weighted by Crippen LogP contribution is -2.31. The van der Waals surface area contributed by atoms with Crippen LogP contribution in [-0.2, 0) is 4.74 Å². The molecule has 0 aromatic carbocycles. The van der Waals surface area contributed by atoms with Gasteiger partial charge in [0.05, 0.1) is 12.1 Å². The van der Waals surface area contributed by atoms with Crippen molar-refractivity contribution in [1.82, 2.24) is 9.97 Å². The number of anilines is 2. The van der Waals surface area contributed by atoms with Crippen molar-refractivity contribution in [2.75, 3.05) is 17.7 Å². The SMILES string of the molecule is Cc1c(N)nc(C(C)C)nc1NC(C)C1CCCO1. The molecule has 0 bridgehead atoms. The second-order valence-corrected chi connectivity index (χ2v) is 5.58. The Bertz CT molecular complexity index is 441. The van der Waals surface area contributed by atoms with Crippen LogP contribution < -0.4 is 11.1 Å². The molecule has 1 aliphatic rings. The largest absolute Gasteiger partial charge is 0.383 e. The van der Waals surface area contributed by atoms with Crippen LogP contribution in [0.3, 0.4) is 0 Å². The normalized spacial score (nSPS) is 20.8. The van der Waals surface area contributed by atoms with Gasteiger partial charge in [0.1, 0.15) is 17.5 Å². The Morgan fingerprint density at radius 1 is 1.32 bits per heavy atom. The summed E-state index contributed by atoms with van der Waals surface area (Å²) >= 11 is 0. The molecule has 0 saturated carbocycles. The molecule has 1 aliphatic heterocycles. The molecular weight excluding hydrogens is 240 g/mol. The van der Waals surface area contributed by atoms with Crippen molar-refractivity contribution in [2.24, 2.45) is 0 Å². The lowest BCUT2D eigenvalue weighted by atomic mass is 10.1. The summed E-state index contributed by atoms with van der Waals surface area (Å²) in [5.41, 5.74) is 6.88. The van der Waals surface area contributed by atoms with Gasteiger partial charge in [-0.15, -0.1) is 0 Å². The van der Waals surface area contributed by atoms with E-state index >= 15 is 0 Å². The molecule has 1 fully saturated rings. The van der Waals surface area contributed by atoms with Crippen LogP contribution in [0, 0.1) is 6.92 Å². The van der Waals surface area contributed by atoms with Crippen LogP contribution in [0.4, 0.5) is 11.6 Å². The molecule has 2 atom stereocenters. The minimum atomic E-state index is 0.232. The summed E-state index contributed by atoms with van der Waals surface area (Å²) in [5.74, 6) is 2.44. The first kappa shape index (κ1) is 14.1. The maximum absolute atomic E-state index is 5.97. The van der Waals surface area contributed by atoms with Crippen LogP contribution >= 0.6 is 0 Å². The molecule has 3 N–H and O–H groups in total. The minimum absolute atomic E-state index is 0.232. The molecule has 0 spiro atoms. The van der Waals surface area contributed by atoms with Gasteiger partial charge in [-0.2, -0.15) is 0 Å². The molecule has 2 heterocycles. The summed E-state index contributed by atoms with van der Waals surface area (Å²) in [7, 11) is 0. The number of hydrogen-bond acceptors (Lipinski definition) is 5. The van der Waals surface area contributed by atoms with Gasteiger partial charge in [0.2, 0.25) is 0 Å². The quantitative estimate of drug-likeness (QED) is 0.874. The number of rotatable bonds is 4. The van der Waals surface area contributed by atoms with Crippen molar-refractivity contribution in [3.05, 3.63) is 11.4 Å². The fourth-order valence-corrected chi connectivity index (χ4v) is 2.26. The second kappa shape index (κ2) is 5.74. The minimum Gasteiger partial charge on any atom is -0.383 e. The number of nitrogens with one attached hydrogen (secondary N) is 1. The molecular formula is C14H24N4O. The average Bonchev–Trinajstić information content (AvgIpc) is 2.88. The fourth-order valence-electron chi connectivity index (χ4n) is 2.26. The van der Waals surface area contributed by atoms with Crippen LogP contribution in [-0.4, -0.2) is 28.7 Å². The Balaban J connectivity index is 2.18. The number of hydrogen-bond donors (Lipinski definition) is 2. The summed E-state index contributed by atoms with van der Waals surface area (Å²) in [6.07, 6.45) is 2.50. The maximum atomic E-state index is 5.97. The van der Waals surface area contributed by atoms with E-state index in [2.05, 4.69) is 36.1 Å². The second-order valence-electron chi connectivity index (χ2n) is 5.58. The van der Waals surface area contributed by atoms with Crippen LogP contribution in [0.1, 0.15) is 50.9 Å². The highest BCUT2D eigenvalue weighted by Crippen LogP contribution is 2.24. The molecule has 1 saturated heterocycles. The van der Waals surface area contributed by atoms with Gasteiger partial charge >= 0.3 is 0 Å². The van der Waals surface area contributed by atoms with E-state index in [0.717, 1.165) is 36.7 Å². The van der Waals surface area contributed by atoms with Gasteiger partial charge in [0, 0.05) is 18.1 Å². The molecule has 0 amide bonds. The fraction of sp³-hybridized carbons (Fsp3) is 0.714. The topological polar surface area (TPSA) is 73.1 Å². The zero-order valence-electron chi connectivity index (χ0n) is 12.2. The van der Waals surface area contributed by atoms with Gasteiger partial charge in [-0.1, -0.05) is 13.8 Å². The first-order valence-corrected chi connectivity index (χ1v) is 7.01. The van der Waals surface area contributed by atoms with Crippen molar-refractivity contribution >= 4 is 11.6 Å². The predicted molar refractivity (Wildman–Crippen MR) is 77.3 cm³/mol. The van der Waals surface area contributed by atoms with Crippen molar-refractivity contribution in [3.63, 3.8) is 0 Å². The van der Waals surface area contributed by atoms with Gasteiger partial charge in [-0.05, 0) is 26.7 Å². The van der Waals surface area contributed by atoms with Crippen LogP contribution in [0.2, 0.25) is 0 Å². The molecule has 2 unspecified atom stereocenters. The molecule has 19 heavy (non-hydrogen) atoms. The van der Waals surface area contributed by atoms with E-state index in [9.17, 15) is 0 Å². The van der Waals surface area contributed by atoms with E-state index in [0.29, 0.717) is 5.82 Å². The zero-order valence-corrected chi connectivity index (χ0v) is 12.2. The van der Waals surface area contributed by atoms with Crippen molar-refractivity contribution in [1.29, 1.82) is 0 Å². The van der Waals surface area contributed by atoms with E-state index in [1.165, 1.54) is 0 Å². The standard InChI is InChI=1S/C14H24N4O/c1-8(2)13-17-12(15)9(3)14(18-13)16-10(4)11-6-5-7-19-11/h8,10-11H,5-7H2,1-4H3,(H3,15,16,17,18). The Labute approximate surface area is 115 Å². The summed E-state index contributed by atoms with van der Waals surface area (Å²) in [5, 5.41) is 3.43. The third kappa shape index (κ3) is 3.15. The smallest absolute Gasteiger partial charge is 0.135 e. The number of nitrogens with two attached hydrogens (primary N) is 1. The lowest BCUT2D eigenvalue weighted by Gasteiger charge is -2.22. The molecule has 2 rings (SSSR count). The number of aromatic nitrogens is 2. The van der Waals surface area contributed by atoms with Gasteiger partial charge in [-0.3, -0.25) is 0 Å². The molecule has 0 aliphatic carbocycles. The van der Waals surface area contributed by atoms with E-state index < -0.39 is 0 Å². The summed E-state index contributed by atoms with van der Waals surface area (Å²) < 4.78 is 5.70. The van der Waals surface area contributed by atoms with Crippen LogP contribution in [0.15, 0.2) is 0 Å². The zero-order chi connectivity index (χ0) is 14.0. The predicted octanol–water partition coefficient (Wildman–Crippen LogP) is 2.47. The maximum Gasteiger partial charge on any atom is 0.135 e. The highest BCUT2D eigenvalue weighted by atomic mass is 16.5. The van der Waals surface area contributed by atoms with E-state index in [1.807, 2.05) is 6.92 Å². The van der Waals surface area contributed by atoms with E-state index in [1.54, 1.807) is 0 Å². The average molecular weight is 264 g/mol. The molecule has 0 radical (unpaired) electrons. The van der Waals surface area contributed by atoms with Crippen molar-refractivity contribution < 1.29 is 4.74 Å². The van der Waals surface area contributed by atoms with Crippen LogP contribution in [0.25, 0.3) is 0 Å². The third-order valence-electron chi connectivity index (χ3n) is 3.60. The Morgan fingerprint density at radius 2 is 2.05 bits per heavy atom. The molecule has 106 valence electrons. The summed E-state index contributed by atoms with van der Waals surface area (Å²) in [6, 6.07) is 0.232. The van der Waals surface area contributed by atoms with Gasteiger partial charge in [0.25, 0.3) is 0 Å². The van der Waals surface area contributed by atoms with Gasteiger partial charge in [-0.25, -0.2) is 9.97 Å². The molecule has 5 heteroatoms. The number of ether oxygens (including phenoxy) is 1. The lowest BCUT2D eigenvalue weighted by molar-refractivity contribution is 0.0995. The number of nitrogens with zero attached hydrogens (tertiary/aromatic N) is 2. The van der Waals surface area contributed by atoms with Crippen molar-refractivity contribution in [2.45, 2.75) is 58.6 Å². The summed E-state index contributed by atoms with van der Waals surface area (Å²) in [4.78, 5) is 8.92. The van der Waals surface area contributed by atoms with E-state index in [-0.39, 0.29) is 18.1 Å². The Hall–Kier alpha value is -1.36. The van der Waals surface area contributed by atoms with Gasteiger partial charge in [0.15, 0.2) is 0 Å². The highest BCUT2D eigenvalue weighted by Gasteiger charge is 2.23. The Kier molecular flexibility index (Phi) is 4.24. The molecule has 1 aromatic rings. The first-order chi connectivity index (χ1) is 8.99. The van der Waals surface area contributed by atoms with Crippen molar-refractivity contribution in [3.8, 4) is 0 Å². The van der Waals surface area contributed by atoms with Gasteiger partial charge < -0.3 is 15.8 Å². The first-order valence-electron chi connectivity index (χ1n) is 7.01. The summed E-state index contributed by atoms with van der Waals surface area (Å²) in [6.45, 7) is 9.07. The molecule has 5 nitrogen and oxygen atoms in total. The van der Waals surface area contributed by atoms with E-state index in [4.69, 9.17) is 10.5 Å².